The van der Waals surface area contributed by atoms with Gasteiger partial charge >= 0.3 is 11.9 Å². The van der Waals surface area contributed by atoms with Crippen LogP contribution >= 0.6 is 15.9 Å². The van der Waals surface area contributed by atoms with Crippen LogP contribution in [0.5, 0.6) is 17.2 Å². The van der Waals surface area contributed by atoms with Crippen molar-refractivity contribution in [1.29, 1.82) is 0 Å². The number of benzene rings is 2. The van der Waals surface area contributed by atoms with Crippen molar-refractivity contribution in [3.8, 4) is 22.9 Å². The Morgan fingerprint density at radius 1 is 1.05 bits per heavy atom. The molecule has 1 N–H and O–H groups in total. The number of furan rings is 1. The number of rotatable bonds is 11. The van der Waals surface area contributed by atoms with Gasteiger partial charge in [0.15, 0.2) is 23.4 Å². The van der Waals surface area contributed by atoms with Crippen LogP contribution in [0.25, 0.3) is 5.69 Å². The van der Waals surface area contributed by atoms with E-state index in [1.807, 2.05) is 24.3 Å². The molecule has 214 valence electrons. The summed E-state index contributed by atoms with van der Waals surface area (Å²) >= 11 is 3.40. The summed E-state index contributed by atoms with van der Waals surface area (Å²) in [6.07, 6.45) is 0.476. The molecule has 0 aliphatic heterocycles. The standard InChI is InChI=1S/C30H30BrN3O7/c1-18-6-7-19(2)34(18)23-8-10-24(11-9-23)39-17-25-12-13-26(41-25)29(35)33-32-16-21-14-22(31)15-27(37-4)28(21)40-20(3)30(36)38-5/h6-16,20H,17H2,1-5H3,(H,33,35)/t20-/m1/s1. The fraction of sp³-hybridized carbons (Fsp3) is 0.233. The number of carbonyl (C=O) groups is 2. The number of carbonyl (C=O) groups excluding carboxylic acids is 2. The van der Waals surface area contributed by atoms with Crippen LogP contribution in [-0.2, 0) is 16.1 Å². The van der Waals surface area contributed by atoms with E-state index in [9.17, 15) is 9.59 Å². The largest absolute Gasteiger partial charge is 0.493 e. The summed E-state index contributed by atoms with van der Waals surface area (Å²) in [7, 11) is 2.74. The predicted molar refractivity (Wildman–Crippen MR) is 156 cm³/mol. The van der Waals surface area contributed by atoms with Crippen molar-refractivity contribution in [3.63, 3.8) is 0 Å². The molecule has 11 heteroatoms. The lowest BCUT2D eigenvalue weighted by Gasteiger charge is -2.17. The summed E-state index contributed by atoms with van der Waals surface area (Å²) in [6, 6.07) is 18.5. The van der Waals surface area contributed by atoms with Crippen molar-refractivity contribution in [2.45, 2.75) is 33.5 Å². The molecule has 4 rings (SSSR count). The van der Waals surface area contributed by atoms with Gasteiger partial charge in [0, 0.05) is 27.1 Å². The first kappa shape index (κ1) is 29.5. The van der Waals surface area contributed by atoms with Crippen molar-refractivity contribution in [1.82, 2.24) is 9.99 Å². The van der Waals surface area contributed by atoms with Gasteiger partial charge in [0.25, 0.3) is 0 Å². The number of nitrogens with one attached hydrogen (secondary N) is 1. The summed E-state index contributed by atoms with van der Waals surface area (Å²) in [4.78, 5) is 24.5. The Balaban J connectivity index is 1.37. The van der Waals surface area contributed by atoms with Gasteiger partial charge in [-0.05, 0) is 81.4 Å². The van der Waals surface area contributed by atoms with Crippen molar-refractivity contribution in [2.75, 3.05) is 14.2 Å². The lowest BCUT2D eigenvalue weighted by molar-refractivity contribution is -0.147. The van der Waals surface area contributed by atoms with Crippen LogP contribution in [0.4, 0.5) is 0 Å². The Hall–Kier alpha value is -4.51. The monoisotopic (exact) mass is 623 g/mol. The molecular formula is C30H30BrN3O7. The summed E-state index contributed by atoms with van der Waals surface area (Å²) in [6.45, 7) is 5.82. The fourth-order valence-corrected chi connectivity index (χ4v) is 4.52. The third kappa shape index (κ3) is 7.17. The van der Waals surface area contributed by atoms with Gasteiger partial charge in [0.2, 0.25) is 0 Å². The smallest absolute Gasteiger partial charge is 0.346 e. The number of hydrogen-bond acceptors (Lipinski definition) is 8. The number of ether oxygens (including phenoxy) is 4. The van der Waals surface area contributed by atoms with Crippen molar-refractivity contribution < 1.29 is 33.0 Å². The molecule has 0 unspecified atom stereocenters. The molecule has 0 bridgehead atoms. The molecule has 0 saturated heterocycles. The highest BCUT2D eigenvalue weighted by Crippen LogP contribution is 2.35. The lowest BCUT2D eigenvalue weighted by atomic mass is 10.2. The molecule has 0 radical (unpaired) electrons. The van der Waals surface area contributed by atoms with Crippen LogP contribution in [0.2, 0.25) is 0 Å². The Morgan fingerprint density at radius 3 is 2.41 bits per heavy atom. The van der Waals surface area contributed by atoms with E-state index in [-0.39, 0.29) is 18.1 Å². The topological polar surface area (TPSA) is 114 Å². The second-order valence-corrected chi connectivity index (χ2v) is 9.92. The Bertz CT molecular complexity index is 1540. The van der Waals surface area contributed by atoms with E-state index in [0.717, 1.165) is 17.1 Å². The van der Waals surface area contributed by atoms with E-state index in [0.29, 0.717) is 27.3 Å². The Kier molecular flexibility index (Phi) is 9.51. The number of nitrogens with zero attached hydrogens (tertiary/aromatic N) is 2. The first-order chi connectivity index (χ1) is 19.7. The predicted octanol–water partition coefficient (Wildman–Crippen LogP) is 5.74. The number of halogens is 1. The maximum Gasteiger partial charge on any atom is 0.346 e. The van der Waals surface area contributed by atoms with Gasteiger partial charge in [0.05, 0.1) is 20.4 Å². The van der Waals surface area contributed by atoms with Crippen LogP contribution in [0, 0.1) is 13.8 Å². The summed E-state index contributed by atoms with van der Waals surface area (Å²) in [5.41, 5.74) is 6.23. The number of amides is 1. The highest BCUT2D eigenvalue weighted by atomic mass is 79.9. The highest BCUT2D eigenvalue weighted by molar-refractivity contribution is 9.10. The zero-order valence-corrected chi connectivity index (χ0v) is 24.9. The van der Waals surface area contributed by atoms with Gasteiger partial charge in [0.1, 0.15) is 18.1 Å². The van der Waals surface area contributed by atoms with E-state index in [1.165, 1.54) is 20.4 Å². The summed E-state index contributed by atoms with van der Waals surface area (Å²) in [5.74, 6) is 0.734. The average Bonchev–Trinajstić information content (AvgIpc) is 3.58. The van der Waals surface area contributed by atoms with Crippen molar-refractivity contribution in [2.24, 2.45) is 5.10 Å². The number of methoxy groups -OCH3 is 2. The molecule has 2 heterocycles. The van der Waals surface area contributed by atoms with E-state index in [2.05, 4.69) is 57.0 Å². The zero-order valence-electron chi connectivity index (χ0n) is 23.3. The van der Waals surface area contributed by atoms with Crippen molar-refractivity contribution >= 4 is 34.0 Å². The van der Waals surface area contributed by atoms with Gasteiger partial charge in [-0.1, -0.05) is 15.9 Å². The fourth-order valence-electron chi connectivity index (χ4n) is 4.07. The average molecular weight is 624 g/mol. The van der Waals surface area contributed by atoms with Crippen LogP contribution < -0.4 is 19.6 Å². The molecule has 41 heavy (non-hydrogen) atoms. The number of aromatic nitrogens is 1. The van der Waals surface area contributed by atoms with E-state index < -0.39 is 18.0 Å². The minimum Gasteiger partial charge on any atom is -0.493 e. The molecule has 10 nitrogen and oxygen atoms in total. The van der Waals surface area contributed by atoms with Crippen LogP contribution in [-0.4, -0.2) is 43.0 Å². The molecule has 4 aromatic rings. The van der Waals surface area contributed by atoms with Gasteiger partial charge in [-0.3, -0.25) is 4.79 Å². The first-order valence-electron chi connectivity index (χ1n) is 12.6. The molecule has 2 aromatic carbocycles. The van der Waals surface area contributed by atoms with Crippen LogP contribution in [0.1, 0.15) is 40.2 Å². The van der Waals surface area contributed by atoms with E-state index in [1.54, 1.807) is 31.2 Å². The second-order valence-electron chi connectivity index (χ2n) is 9.01. The van der Waals surface area contributed by atoms with E-state index >= 15 is 0 Å². The van der Waals surface area contributed by atoms with Gasteiger partial charge in [-0.15, -0.1) is 0 Å². The maximum absolute atomic E-state index is 12.6. The Morgan fingerprint density at radius 2 is 1.76 bits per heavy atom. The summed E-state index contributed by atoms with van der Waals surface area (Å²) in [5, 5.41) is 4.02. The lowest BCUT2D eigenvalue weighted by Crippen LogP contribution is -2.25. The van der Waals surface area contributed by atoms with Gasteiger partial charge in [-0.2, -0.15) is 5.10 Å². The molecule has 0 aliphatic rings. The van der Waals surface area contributed by atoms with E-state index in [4.69, 9.17) is 23.4 Å². The minimum atomic E-state index is -0.897. The Labute approximate surface area is 246 Å². The minimum absolute atomic E-state index is 0.0669. The molecule has 0 fully saturated rings. The second kappa shape index (κ2) is 13.2. The molecule has 2 aromatic heterocycles. The maximum atomic E-state index is 12.6. The molecule has 1 amide bonds. The summed E-state index contributed by atoms with van der Waals surface area (Å²) < 4.78 is 30.2. The third-order valence-electron chi connectivity index (χ3n) is 6.10. The first-order valence-corrected chi connectivity index (χ1v) is 13.4. The highest BCUT2D eigenvalue weighted by Gasteiger charge is 2.20. The molecule has 1 atom stereocenters. The quantitative estimate of drug-likeness (QED) is 0.129. The van der Waals surface area contributed by atoms with Crippen molar-refractivity contribution in [3.05, 3.63) is 93.6 Å². The number of hydrogen-bond donors (Lipinski definition) is 1. The SMILES string of the molecule is COC(=O)[C@@H](C)Oc1c(C=NNC(=O)c2ccc(COc3ccc(-n4c(C)ccc4C)cc3)o2)cc(Br)cc1OC. The molecule has 0 spiro atoms. The molecule has 0 aliphatic carbocycles. The normalized spacial score (nSPS) is 11.8. The number of esters is 1. The number of hydrazone groups is 1. The van der Waals surface area contributed by atoms with Crippen LogP contribution in [0.3, 0.4) is 0 Å². The molecular weight excluding hydrogens is 594 g/mol. The third-order valence-corrected chi connectivity index (χ3v) is 6.56. The van der Waals surface area contributed by atoms with Gasteiger partial charge in [-0.25, -0.2) is 10.2 Å². The van der Waals surface area contributed by atoms with Gasteiger partial charge < -0.3 is 27.9 Å². The number of aryl methyl sites for hydroxylation is 2. The zero-order chi connectivity index (χ0) is 29.5. The van der Waals surface area contributed by atoms with Crippen LogP contribution in [0.15, 0.2) is 74.7 Å². The molecule has 0 saturated carbocycles.